The molecule has 2 aromatic heterocycles. The molecule has 3 aliphatic rings. The van der Waals surface area contributed by atoms with Gasteiger partial charge in [-0.3, -0.25) is 39.0 Å². The normalized spacial score (nSPS) is 19.5. The topological polar surface area (TPSA) is 142 Å². The number of amides is 4. The smallest absolute Gasteiger partial charge is 0.249 e. The van der Waals surface area contributed by atoms with E-state index in [1.54, 1.807) is 16.2 Å². The average molecular weight is 721 g/mol. The molecule has 266 valence electrons. The van der Waals surface area contributed by atoms with Gasteiger partial charge in [0.15, 0.2) is 5.82 Å². The number of piperidine rings is 1. The van der Waals surface area contributed by atoms with Crippen LogP contribution in [-0.4, -0.2) is 92.7 Å². The lowest BCUT2D eigenvalue weighted by molar-refractivity contribution is -0.149. The molecule has 2 saturated heterocycles. The molecular weight excluding hydrogens is 676 g/mol. The molecule has 50 heavy (non-hydrogen) atoms. The van der Waals surface area contributed by atoms with E-state index in [4.69, 9.17) is 16.6 Å². The van der Waals surface area contributed by atoms with E-state index >= 15 is 0 Å². The third-order valence-corrected chi connectivity index (χ3v) is 11.3. The number of aliphatic imine (C=N–C) groups is 1. The highest BCUT2D eigenvalue weighted by molar-refractivity contribution is 7.15. The van der Waals surface area contributed by atoms with Gasteiger partial charge in [0, 0.05) is 47.1 Å². The summed E-state index contributed by atoms with van der Waals surface area (Å²) in [5.74, 6) is 0.706. The van der Waals surface area contributed by atoms with E-state index < -0.39 is 12.1 Å². The third kappa shape index (κ3) is 8.00. The second-order valence-electron chi connectivity index (χ2n) is 13.4. The number of rotatable bonds is 13. The standard InChI is InChI=1S/C36H45ClN8O4S/c1-22-23(2)50-36-32(22)33(25-10-12-26(37)13-11-25)39-27(34-42-41-24(3)45(34)36)20-30(47)38-16-8-6-4-5-7-9-17-43-18-19-44(31(48)21-43)28-14-15-29(46)40-35(28)49/h10-13,27-28H,4-9,14-21H2,1-3H3,(H,38,47)(H,40,46,49)/t27-,28?/m0/s1. The van der Waals surface area contributed by atoms with Crippen LogP contribution in [0.25, 0.3) is 5.00 Å². The molecule has 1 aromatic carbocycles. The molecule has 0 bridgehead atoms. The minimum absolute atomic E-state index is 0.0423. The average Bonchev–Trinajstić information content (AvgIpc) is 3.56. The van der Waals surface area contributed by atoms with Crippen molar-refractivity contribution in [3.63, 3.8) is 0 Å². The van der Waals surface area contributed by atoms with Crippen LogP contribution in [0.1, 0.15) is 97.0 Å². The summed E-state index contributed by atoms with van der Waals surface area (Å²) in [5.41, 5.74) is 3.98. The summed E-state index contributed by atoms with van der Waals surface area (Å²) in [5, 5.41) is 16.0. The van der Waals surface area contributed by atoms with Gasteiger partial charge in [-0.05, 0) is 64.3 Å². The van der Waals surface area contributed by atoms with E-state index in [0.717, 1.165) is 84.8 Å². The van der Waals surface area contributed by atoms with Gasteiger partial charge in [-0.1, -0.05) is 49.4 Å². The van der Waals surface area contributed by atoms with Crippen LogP contribution in [0.5, 0.6) is 0 Å². The Kier molecular flexibility index (Phi) is 11.4. The van der Waals surface area contributed by atoms with E-state index in [0.29, 0.717) is 36.9 Å². The van der Waals surface area contributed by atoms with Gasteiger partial charge in [0.1, 0.15) is 22.9 Å². The first-order valence-corrected chi connectivity index (χ1v) is 18.8. The van der Waals surface area contributed by atoms with Crippen molar-refractivity contribution in [2.45, 2.75) is 90.6 Å². The van der Waals surface area contributed by atoms with Gasteiger partial charge in [-0.2, -0.15) is 0 Å². The minimum atomic E-state index is -0.528. The third-order valence-electron chi connectivity index (χ3n) is 9.88. The molecule has 5 heterocycles. The Morgan fingerprint density at radius 3 is 2.48 bits per heavy atom. The van der Waals surface area contributed by atoms with E-state index in [9.17, 15) is 19.2 Å². The summed E-state index contributed by atoms with van der Waals surface area (Å²) in [6.45, 7) is 9.19. The zero-order chi connectivity index (χ0) is 35.4. The summed E-state index contributed by atoms with van der Waals surface area (Å²) >= 11 is 7.91. The highest BCUT2D eigenvalue weighted by atomic mass is 35.5. The number of piperazine rings is 1. The number of halogens is 1. The quantitative estimate of drug-likeness (QED) is 0.194. The first-order valence-electron chi connectivity index (χ1n) is 17.6. The first kappa shape index (κ1) is 35.9. The molecule has 2 fully saturated rings. The van der Waals surface area contributed by atoms with Gasteiger partial charge in [-0.25, -0.2) is 0 Å². The largest absolute Gasteiger partial charge is 0.356 e. The molecule has 0 saturated carbocycles. The Bertz CT molecular complexity index is 1780. The predicted molar refractivity (Wildman–Crippen MR) is 193 cm³/mol. The van der Waals surface area contributed by atoms with Crippen LogP contribution in [0.4, 0.5) is 0 Å². The molecule has 12 nitrogen and oxygen atoms in total. The maximum Gasteiger partial charge on any atom is 0.249 e. The molecule has 1 unspecified atom stereocenters. The lowest BCUT2D eigenvalue weighted by atomic mass is 9.99. The number of hydrogen-bond donors (Lipinski definition) is 2. The highest BCUT2D eigenvalue weighted by Gasteiger charge is 2.37. The van der Waals surface area contributed by atoms with Crippen LogP contribution in [0.2, 0.25) is 5.02 Å². The van der Waals surface area contributed by atoms with Crippen LogP contribution in [0.3, 0.4) is 0 Å². The SMILES string of the molecule is Cc1sc2c(c1C)C(c1ccc(Cl)cc1)=N[C@@H](CC(=O)NCCCCCCCCN1CCN(C3CCC(=O)NC3=O)C(=O)C1)c1nnc(C)n1-2. The van der Waals surface area contributed by atoms with E-state index in [1.807, 2.05) is 31.2 Å². The fraction of sp³-hybridized carbons (Fsp3) is 0.528. The Hall–Kier alpha value is -3.94. The molecule has 6 rings (SSSR count). The molecule has 2 N–H and O–H groups in total. The second-order valence-corrected chi connectivity index (χ2v) is 15.0. The number of carbonyl (C=O) groups is 4. The first-order chi connectivity index (χ1) is 24.1. The number of thiophene rings is 1. The van der Waals surface area contributed by atoms with Crippen LogP contribution < -0.4 is 10.6 Å². The maximum atomic E-state index is 13.2. The lowest BCUT2D eigenvalue weighted by Gasteiger charge is -2.39. The van der Waals surface area contributed by atoms with Gasteiger partial charge in [0.2, 0.25) is 23.6 Å². The van der Waals surface area contributed by atoms with Gasteiger partial charge < -0.3 is 10.2 Å². The Morgan fingerprint density at radius 2 is 1.74 bits per heavy atom. The Morgan fingerprint density at radius 1 is 1.00 bits per heavy atom. The summed E-state index contributed by atoms with van der Waals surface area (Å²) in [7, 11) is 0. The fourth-order valence-electron chi connectivity index (χ4n) is 7.01. The van der Waals surface area contributed by atoms with E-state index in [1.165, 1.54) is 4.88 Å². The zero-order valence-corrected chi connectivity index (χ0v) is 30.5. The highest BCUT2D eigenvalue weighted by Crippen LogP contribution is 2.39. The Labute approximate surface area is 301 Å². The lowest BCUT2D eigenvalue weighted by Crippen LogP contribution is -2.60. The summed E-state index contributed by atoms with van der Waals surface area (Å²) in [6, 6.07) is 6.66. The molecule has 0 spiro atoms. The molecule has 3 aromatic rings. The van der Waals surface area contributed by atoms with Crippen molar-refractivity contribution < 1.29 is 19.2 Å². The fourth-order valence-corrected chi connectivity index (χ4v) is 8.35. The summed E-state index contributed by atoms with van der Waals surface area (Å²) in [4.78, 5) is 59.7. The van der Waals surface area contributed by atoms with Crippen molar-refractivity contribution in [1.82, 2.24) is 35.2 Å². The van der Waals surface area contributed by atoms with Crippen molar-refractivity contribution in [3.8, 4) is 5.00 Å². The van der Waals surface area contributed by atoms with Crippen molar-refractivity contribution in [1.29, 1.82) is 0 Å². The van der Waals surface area contributed by atoms with Crippen molar-refractivity contribution >= 4 is 52.3 Å². The molecule has 2 atom stereocenters. The van der Waals surface area contributed by atoms with Crippen molar-refractivity contribution in [2.24, 2.45) is 4.99 Å². The number of fused-ring (bicyclic) bond motifs is 3. The molecule has 14 heteroatoms. The molecule has 0 aliphatic carbocycles. The number of nitrogens with zero attached hydrogens (tertiary/aromatic N) is 6. The van der Waals surface area contributed by atoms with Gasteiger partial charge in [0.05, 0.1) is 18.7 Å². The van der Waals surface area contributed by atoms with Crippen LogP contribution in [0, 0.1) is 20.8 Å². The molecule has 4 amide bonds. The van der Waals surface area contributed by atoms with Crippen LogP contribution in [0.15, 0.2) is 29.3 Å². The van der Waals surface area contributed by atoms with Crippen LogP contribution >= 0.6 is 22.9 Å². The molecular formula is C36H45ClN8O4S. The number of aryl methyl sites for hydroxylation is 2. The zero-order valence-electron chi connectivity index (χ0n) is 29.0. The van der Waals surface area contributed by atoms with Gasteiger partial charge in [-0.15, -0.1) is 21.5 Å². The van der Waals surface area contributed by atoms with Crippen molar-refractivity contribution in [3.05, 3.63) is 62.5 Å². The maximum absolute atomic E-state index is 13.2. The van der Waals surface area contributed by atoms with Gasteiger partial charge in [0.25, 0.3) is 0 Å². The summed E-state index contributed by atoms with van der Waals surface area (Å²) in [6.07, 6.45) is 7.05. The number of hydrogen-bond acceptors (Lipinski definition) is 9. The van der Waals surface area contributed by atoms with Crippen LogP contribution in [-0.2, 0) is 19.2 Å². The number of aromatic nitrogens is 3. The number of benzene rings is 1. The number of carbonyl (C=O) groups excluding carboxylic acids is 4. The number of unbranched alkanes of at least 4 members (excludes halogenated alkanes) is 5. The monoisotopic (exact) mass is 720 g/mol. The van der Waals surface area contributed by atoms with Gasteiger partial charge >= 0.3 is 0 Å². The second kappa shape index (κ2) is 15.9. The molecule has 3 aliphatic heterocycles. The van der Waals surface area contributed by atoms with E-state index in [-0.39, 0.29) is 36.5 Å². The van der Waals surface area contributed by atoms with E-state index in [2.05, 4.69) is 44.1 Å². The summed E-state index contributed by atoms with van der Waals surface area (Å²) < 4.78 is 2.06. The number of imide groups is 1. The minimum Gasteiger partial charge on any atom is -0.356 e. The number of nitrogens with one attached hydrogen (secondary N) is 2. The Balaban J connectivity index is 0.934. The predicted octanol–water partition coefficient (Wildman–Crippen LogP) is 4.60. The molecule has 0 radical (unpaired) electrons. The van der Waals surface area contributed by atoms with Crippen molar-refractivity contribution in [2.75, 3.05) is 32.7 Å².